The minimum atomic E-state index is -0.734. The molecule has 0 saturated carbocycles. The van der Waals surface area contributed by atoms with E-state index in [4.69, 9.17) is 5.11 Å². The van der Waals surface area contributed by atoms with Gasteiger partial charge in [-0.15, -0.1) is 0 Å². The van der Waals surface area contributed by atoms with Crippen LogP contribution in [0.15, 0.2) is 24.3 Å². The van der Waals surface area contributed by atoms with E-state index in [2.05, 4.69) is 18.7 Å². The van der Waals surface area contributed by atoms with Gasteiger partial charge in [-0.25, -0.2) is 0 Å². The van der Waals surface area contributed by atoms with Crippen LogP contribution in [0.1, 0.15) is 32.3 Å². The average molecular weight is 265 g/mol. The first-order valence-corrected chi connectivity index (χ1v) is 6.76. The van der Waals surface area contributed by atoms with Crippen molar-refractivity contribution in [1.82, 2.24) is 4.90 Å². The van der Waals surface area contributed by atoms with Gasteiger partial charge in [-0.1, -0.05) is 19.1 Å². The number of carboxylic acids is 1. The highest BCUT2D eigenvalue weighted by Gasteiger charge is 2.12. The zero-order valence-electron chi connectivity index (χ0n) is 11.7. The number of hydrogen-bond donors (Lipinski definition) is 2. The molecule has 106 valence electrons. The molecule has 0 bridgehead atoms. The first kappa shape index (κ1) is 15.5. The second kappa shape index (κ2) is 7.79. The fourth-order valence-corrected chi connectivity index (χ4v) is 2.23. The molecule has 0 aromatic heterocycles. The summed E-state index contributed by atoms with van der Waals surface area (Å²) in [7, 11) is 0. The van der Waals surface area contributed by atoms with Crippen molar-refractivity contribution < 1.29 is 15.0 Å². The molecule has 1 aromatic carbocycles. The van der Waals surface area contributed by atoms with Crippen molar-refractivity contribution in [2.24, 2.45) is 0 Å². The van der Waals surface area contributed by atoms with E-state index >= 15 is 0 Å². The van der Waals surface area contributed by atoms with Gasteiger partial charge in [0.25, 0.3) is 0 Å². The third-order valence-corrected chi connectivity index (χ3v) is 3.33. The maximum Gasteiger partial charge on any atom is 0.303 e. The van der Waals surface area contributed by atoms with Gasteiger partial charge in [0.05, 0.1) is 0 Å². The van der Waals surface area contributed by atoms with E-state index in [1.54, 1.807) is 12.1 Å². The van der Waals surface area contributed by atoms with Crippen LogP contribution < -0.4 is 0 Å². The number of aliphatic carboxylic acids is 1. The molecular formula is C15H23NO3. The van der Waals surface area contributed by atoms with Crippen molar-refractivity contribution in [2.45, 2.75) is 39.2 Å². The van der Waals surface area contributed by atoms with Crippen molar-refractivity contribution in [3.63, 3.8) is 0 Å². The normalized spacial score (nSPS) is 12.6. The zero-order valence-corrected chi connectivity index (χ0v) is 11.7. The summed E-state index contributed by atoms with van der Waals surface area (Å²) in [5, 5.41) is 17.9. The van der Waals surface area contributed by atoms with Crippen LogP contribution in [0.25, 0.3) is 0 Å². The number of benzene rings is 1. The van der Waals surface area contributed by atoms with Gasteiger partial charge >= 0.3 is 5.97 Å². The first-order valence-electron chi connectivity index (χ1n) is 6.76. The summed E-state index contributed by atoms with van der Waals surface area (Å²) < 4.78 is 0. The van der Waals surface area contributed by atoms with Crippen molar-refractivity contribution in [3.8, 4) is 5.75 Å². The van der Waals surface area contributed by atoms with Crippen LogP contribution in [0.2, 0.25) is 0 Å². The third kappa shape index (κ3) is 5.75. The van der Waals surface area contributed by atoms with Gasteiger partial charge in [-0.2, -0.15) is 0 Å². The third-order valence-electron chi connectivity index (χ3n) is 3.33. The predicted molar refractivity (Wildman–Crippen MR) is 75.4 cm³/mol. The lowest BCUT2D eigenvalue weighted by molar-refractivity contribution is -0.137. The molecule has 0 aliphatic carbocycles. The highest BCUT2D eigenvalue weighted by atomic mass is 16.4. The molecule has 0 aliphatic rings. The highest BCUT2D eigenvalue weighted by Crippen LogP contribution is 2.14. The summed E-state index contributed by atoms with van der Waals surface area (Å²) in [6, 6.07) is 7.61. The largest absolute Gasteiger partial charge is 0.508 e. The minimum Gasteiger partial charge on any atom is -0.508 e. The Morgan fingerprint density at radius 1 is 1.32 bits per heavy atom. The summed E-state index contributed by atoms with van der Waals surface area (Å²) in [4.78, 5) is 12.8. The van der Waals surface area contributed by atoms with Crippen LogP contribution in [-0.2, 0) is 11.2 Å². The summed E-state index contributed by atoms with van der Waals surface area (Å²) >= 11 is 0. The second-order valence-electron chi connectivity index (χ2n) is 4.85. The number of phenolic OH excluding ortho intramolecular Hbond substituents is 1. The quantitative estimate of drug-likeness (QED) is 0.758. The van der Waals surface area contributed by atoms with Gasteiger partial charge in [0.15, 0.2) is 0 Å². The van der Waals surface area contributed by atoms with E-state index in [-0.39, 0.29) is 12.2 Å². The lowest BCUT2D eigenvalue weighted by Gasteiger charge is -2.27. The highest BCUT2D eigenvalue weighted by molar-refractivity contribution is 5.66. The Kier molecular flexibility index (Phi) is 6.36. The van der Waals surface area contributed by atoms with Gasteiger partial charge in [0.2, 0.25) is 0 Å². The van der Waals surface area contributed by atoms with E-state index in [1.165, 1.54) is 5.56 Å². The van der Waals surface area contributed by atoms with E-state index in [0.717, 1.165) is 19.5 Å². The molecule has 0 fully saturated rings. The molecule has 19 heavy (non-hydrogen) atoms. The lowest BCUT2D eigenvalue weighted by atomic mass is 10.1. The Hall–Kier alpha value is -1.55. The monoisotopic (exact) mass is 265 g/mol. The maximum atomic E-state index is 10.5. The smallest absolute Gasteiger partial charge is 0.303 e. The Morgan fingerprint density at radius 2 is 1.95 bits per heavy atom. The standard InChI is InChI=1S/C15H23NO3/c1-3-16(10-4-5-15(18)19)12(2)11-13-6-8-14(17)9-7-13/h6-9,12,17H,3-5,10-11H2,1-2H3,(H,18,19)/t12-/m0/s1. The molecule has 2 N–H and O–H groups in total. The van der Waals surface area contributed by atoms with Crippen molar-refractivity contribution in [3.05, 3.63) is 29.8 Å². The molecule has 0 spiro atoms. The maximum absolute atomic E-state index is 10.5. The van der Waals surface area contributed by atoms with E-state index in [0.29, 0.717) is 12.5 Å². The number of aromatic hydroxyl groups is 1. The van der Waals surface area contributed by atoms with E-state index in [9.17, 15) is 9.90 Å². The molecule has 0 heterocycles. The fourth-order valence-electron chi connectivity index (χ4n) is 2.23. The molecule has 4 nitrogen and oxygen atoms in total. The Morgan fingerprint density at radius 3 is 2.47 bits per heavy atom. The first-order chi connectivity index (χ1) is 9.02. The van der Waals surface area contributed by atoms with Crippen LogP contribution >= 0.6 is 0 Å². The molecular weight excluding hydrogens is 242 g/mol. The number of hydrogen-bond acceptors (Lipinski definition) is 3. The molecule has 0 radical (unpaired) electrons. The Labute approximate surface area is 114 Å². The second-order valence-corrected chi connectivity index (χ2v) is 4.85. The Balaban J connectivity index is 2.46. The fraction of sp³-hybridized carbons (Fsp3) is 0.533. The molecule has 1 rings (SSSR count). The number of likely N-dealkylation sites (N-methyl/N-ethyl adjacent to an activating group) is 1. The number of nitrogens with zero attached hydrogens (tertiary/aromatic N) is 1. The van der Waals surface area contributed by atoms with Crippen LogP contribution in [0.3, 0.4) is 0 Å². The molecule has 0 amide bonds. The summed E-state index contributed by atoms with van der Waals surface area (Å²) in [5.74, 6) is -0.451. The van der Waals surface area contributed by atoms with Crippen molar-refractivity contribution in [2.75, 3.05) is 13.1 Å². The van der Waals surface area contributed by atoms with Crippen molar-refractivity contribution >= 4 is 5.97 Å². The number of rotatable bonds is 8. The summed E-state index contributed by atoms with van der Waals surface area (Å²) in [6.45, 7) is 5.96. The lowest BCUT2D eigenvalue weighted by Crippen LogP contribution is -2.35. The molecule has 0 aliphatic heterocycles. The van der Waals surface area contributed by atoms with Gasteiger partial charge < -0.3 is 15.1 Å². The van der Waals surface area contributed by atoms with Crippen LogP contribution in [0, 0.1) is 0 Å². The van der Waals surface area contributed by atoms with Gasteiger partial charge in [0.1, 0.15) is 5.75 Å². The molecule has 0 unspecified atom stereocenters. The van der Waals surface area contributed by atoms with Gasteiger partial charge in [-0.3, -0.25) is 4.79 Å². The zero-order chi connectivity index (χ0) is 14.3. The van der Waals surface area contributed by atoms with Crippen LogP contribution in [-0.4, -0.2) is 40.2 Å². The van der Waals surface area contributed by atoms with Crippen LogP contribution in [0.4, 0.5) is 0 Å². The molecule has 4 heteroatoms. The molecule has 1 atom stereocenters. The summed E-state index contributed by atoms with van der Waals surface area (Å²) in [5.41, 5.74) is 1.18. The average Bonchev–Trinajstić information content (AvgIpc) is 2.37. The Bertz CT molecular complexity index is 389. The van der Waals surface area contributed by atoms with E-state index < -0.39 is 5.97 Å². The SMILES string of the molecule is CCN(CCCC(=O)O)[C@@H](C)Cc1ccc(O)cc1. The number of carboxylic acid groups (broad SMARTS) is 1. The topological polar surface area (TPSA) is 60.8 Å². The van der Waals surface area contributed by atoms with E-state index in [1.807, 2.05) is 12.1 Å². The molecule has 0 saturated heterocycles. The number of phenols is 1. The van der Waals surface area contributed by atoms with Gasteiger partial charge in [0, 0.05) is 12.5 Å². The minimum absolute atomic E-state index is 0.225. The van der Waals surface area contributed by atoms with Crippen LogP contribution in [0.5, 0.6) is 5.75 Å². The predicted octanol–water partition coefficient (Wildman–Crippen LogP) is 2.51. The van der Waals surface area contributed by atoms with Crippen molar-refractivity contribution in [1.29, 1.82) is 0 Å². The summed E-state index contributed by atoms with van der Waals surface area (Å²) in [6.07, 6.45) is 1.81. The number of carbonyl (C=O) groups is 1. The van der Waals surface area contributed by atoms with Gasteiger partial charge in [-0.05, 0) is 50.6 Å². The molecule has 1 aromatic rings.